The van der Waals surface area contributed by atoms with E-state index in [1.807, 2.05) is 0 Å². The number of carbonyl (C=O) groups is 3. The van der Waals surface area contributed by atoms with Crippen molar-refractivity contribution >= 4 is 17.8 Å². The van der Waals surface area contributed by atoms with Crippen LogP contribution in [-0.2, 0) is 28.6 Å². The molecule has 0 unspecified atom stereocenters. The molecule has 0 heterocycles. The van der Waals surface area contributed by atoms with Crippen molar-refractivity contribution < 1.29 is 33.7 Å². The topological polar surface area (TPSA) is 198 Å². The molecule has 0 aromatic heterocycles. The Bertz CT molecular complexity index is 572. The van der Waals surface area contributed by atoms with Crippen molar-refractivity contribution in [2.24, 2.45) is 10.8 Å². The quantitative estimate of drug-likeness (QED) is 0.0766. The van der Waals surface area contributed by atoms with Gasteiger partial charge < -0.3 is 35.7 Å². The summed E-state index contributed by atoms with van der Waals surface area (Å²) < 4.78 is 15.8. The molecule has 0 aliphatic rings. The molecule has 0 aliphatic heterocycles. The second kappa shape index (κ2) is 21.8. The maximum Gasteiger partial charge on any atom is 0.303 e. The van der Waals surface area contributed by atoms with Gasteiger partial charge in [0.1, 0.15) is 0 Å². The van der Waals surface area contributed by atoms with E-state index >= 15 is 0 Å². The summed E-state index contributed by atoms with van der Waals surface area (Å²) in [6.45, 7) is 3.62. The molecule has 32 heavy (non-hydrogen) atoms. The number of ether oxygens (including phenoxy) is 3. The molecule has 0 rings (SSSR count). The summed E-state index contributed by atoms with van der Waals surface area (Å²) in [5.41, 5.74) is 13.7. The smallest absolute Gasteiger partial charge is 0.303 e. The van der Waals surface area contributed by atoms with Crippen molar-refractivity contribution in [3.63, 3.8) is 0 Å². The van der Waals surface area contributed by atoms with Crippen LogP contribution < -0.4 is 16.4 Å². The molecule has 0 saturated heterocycles. The first-order valence-electron chi connectivity index (χ1n) is 10.7. The van der Waals surface area contributed by atoms with Crippen molar-refractivity contribution in [1.29, 1.82) is 0 Å². The monoisotopic (exact) mass is 460 g/mol. The van der Waals surface area contributed by atoms with Crippen molar-refractivity contribution in [3.05, 3.63) is 10.4 Å². The molecule has 13 heteroatoms. The van der Waals surface area contributed by atoms with E-state index in [1.165, 1.54) is 0 Å². The highest BCUT2D eigenvalue weighted by atomic mass is 16.5. The number of amides is 2. The molecule has 5 N–H and O–H groups in total. The van der Waals surface area contributed by atoms with Crippen LogP contribution in [0.1, 0.15) is 38.5 Å². The highest BCUT2D eigenvalue weighted by molar-refractivity contribution is 5.82. The first-order chi connectivity index (χ1) is 15.5. The fourth-order valence-electron chi connectivity index (χ4n) is 2.38. The number of hydrogen-bond acceptors (Lipinski definition) is 8. The second-order valence-corrected chi connectivity index (χ2v) is 6.78. The van der Waals surface area contributed by atoms with Gasteiger partial charge in [-0.2, -0.15) is 0 Å². The molecule has 0 aromatic rings. The highest BCUT2D eigenvalue weighted by Crippen LogP contribution is 2.00. The molecule has 0 radical (unpaired) electrons. The number of aliphatic carboxylic acids is 1. The number of nitrogens with one attached hydrogen (secondary N) is 2. The Balaban J connectivity index is 3.37. The van der Waals surface area contributed by atoms with Crippen LogP contribution in [0.15, 0.2) is 5.11 Å². The summed E-state index contributed by atoms with van der Waals surface area (Å²) in [5, 5.41) is 17.4. The van der Waals surface area contributed by atoms with Gasteiger partial charge in [0.25, 0.3) is 0 Å². The number of nitrogens with two attached hydrogens (primary N) is 1. The van der Waals surface area contributed by atoms with E-state index in [1.54, 1.807) is 0 Å². The Labute approximate surface area is 188 Å². The molecule has 2 amide bonds. The number of carboxylic acid groups (broad SMARTS) is 1. The van der Waals surface area contributed by atoms with Gasteiger partial charge in [0, 0.05) is 37.4 Å². The van der Waals surface area contributed by atoms with Gasteiger partial charge in [-0.05, 0) is 24.8 Å². The first-order valence-corrected chi connectivity index (χ1v) is 10.7. The number of unbranched alkanes of at least 4 members (excludes halogenated alkanes) is 2. The normalized spacial score (nSPS) is 11.4. The minimum Gasteiger partial charge on any atom is -0.481 e. The zero-order valence-electron chi connectivity index (χ0n) is 18.5. The predicted molar refractivity (Wildman–Crippen MR) is 116 cm³/mol. The zero-order chi connectivity index (χ0) is 23.9. The van der Waals surface area contributed by atoms with Crippen molar-refractivity contribution in [2.75, 3.05) is 59.3 Å². The second-order valence-electron chi connectivity index (χ2n) is 6.78. The SMILES string of the molecule is [N-]=[N+]=NCCOCCOCCOCCNC(=O)CCCCCNC(=O)[C@@H](N)CCC(=O)O. The standard InChI is InChI=1S/C19H36N6O7/c20-16(5-6-18(27)28)19(29)23-7-3-1-2-4-17(26)22-8-10-30-12-14-32-15-13-31-11-9-24-25-21/h16H,1-15,20H2,(H,22,26)(H,23,29)(H,27,28)/t16-/m0/s1. The van der Waals surface area contributed by atoms with Crippen LogP contribution >= 0.6 is 0 Å². The van der Waals surface area contributed by atoms with Crippen LogP contribution in [0.2, 0.25) is 0 Å². The number of rotatable bonds is 22. The molecule has 0 aromatic carbocycles. The lowest BCUT2D eigenvalue weighted by Crippen LogP contribution is -2.41. The van der Waals surface area contributed by atoms with Crippen LogP contribution in [0.5, 0.6) is 0 Å². The molecule has 0 spiro atoms. The third kappa shape index (κ3) is 20.8. The largest absolute Gasteiger partial charge is 0.481 e. The van der Waals surface area contributed by atoms with Crippen LogP contribution in [0.25, 0.3) is 10.4 Å². The minimum absolute atomic E-state index is 0.0533. The molecular weight excluding hydrogens is 424 g/mol. The van der Waals surface area contributed by atoms with Crippen LogP contribution in [0.3, 0.4) is 0 Å². The summed E-state index contributed by atoms with van der Waals surface area (Å²) in [6, 6.07) is -0.818. The highest BCUT2D eigenvalue weighted by Gasteiger charge is 2.14. The van der Waals surface area contributed by atoms with Crippen molar-refractivity contribution in [3.8, 4) is 0 Å². The van der Waals surface area contributed by atoms with E-state index in [4.69, 9.17) is 30.6 Å². The molecule has 1 atom stereocenters. The number of carbonyl (C=O) groups excluding carboxylic acids is 2. The van der Waals surface area contributed by atoms with Gasteiger partial charge in [0.05, 0.1) is 45.7 Å². The lowest BCUT2D eigenvalue weighted by atomic mass is 10.1. The van der Waals surface area contributed by atoms with E-state index in [0.717, 1.165) is 6.42 Å². The number of nitrogens with zero attached hydrogens (tertiary/aromatic N) is 3. The Morgan fingerprint density at radius 2 is 1.56 bits per heavy atom. The number of hydrogen-bond donors (Lipinski definition) is 4. The average Bonchev–Trinajstić information content (AvgIpc) is 2.77. The maximum absolute atomic E-state index is 11.7. The number of carboxylic acids is 1. The van der Waals surface area contributed by atoms with Gasteiger partial charge in [0.2, 0.25) is 11.8 Å². The average molecular weight is 461 g/mol. The third-order valence-electron chi connectivity index (χ3n) is 4.10. The van der Waals surface area contributed by atoms with E-state index in [0.29, 0.717) is 78.5 Å². The summed E-state index contributed by atoms with van der Waals surface area (Å²) in [6.07, 6.45) is 2.56. The van der Waals surface area contributed by atoms with Crippen molar-refractivity contribution in [2.45, 2.75) is 44.6 Å². The van der Waals surface area contributed by atoms with Gasteiger partial charge in [-0.1, -0.05) is 11.5 Å². The van der Waals surface area contributed by atoms with E-state index < -0.39 is 12.0 Å². The molecule has 0 aliphatic carbocycles. The molecule has 0 fully saturated rings. The molecular formula is C19H36N6O7. The number of azide groups is 1. The Hall–Kier alpha value is -2.44. The Morgan fingerprint density at radius 3 is 2.22 bits per heavy atom. The van der Waals surface area contributed by atoms with Crippen LogP contribution in [0.4, 0.5) is 0 Å². The van der Waals surface area contributed by atoms with Gasteiger partial charge in [-0.25, -0.2) is 0 Å². The van der Waals surface area contributed by atoms with Gasteiger partial charge in [0.15, 0.2) is 0 Å². The van der Waals surface area contributed by atoms with Gasteiger partial charge in [-0.15, -0.1) is 0 Å². The third-order valence-corrected chi connectivity index (χ3v) is 4.10. The maximum atomic E-state index is 11.7. The summed E-state index contributed by atoms with van der Waals surface area (Å²) in [4.78, 5) is 36.5. The minimum atomic E-state index is -0.981. The first kappa shape index (κ1) is 29.6. The summed E-state index contributed by atoms with van der Waals surface area (Å²) in [7, 11) is 0. The van der Waals surface area contributed by atoms with Gasteiger partial charge in [-0.3, -0.25) is 14.4 Å². The summed E-state index contributed by atoms with van der Waals surface area (Å²) >= 11 is 0. The Kier molecular flexibility index (Phi) is 20.1. The molecule has 0 bridgehead atoms. The van der Waals surface area contributed by atoms with Gasteiger partial charge >= 0.3 is 5.97 Å². The van der Waals surface area contributed by atoms with E-state index in [9.17, 15) is 14.4 Å². The van der Waals surface area contributed by atoms with E-state index in [-0.39, 0.29) is 24.7 Å². The summed E-state index contributed by atoms with van der Waals surface area (Å²) in [5.74, 6) is -1.39. The molecule has 184 valence electrons. The fraction of sp³-hybridized carbons (Fsp3) is 0.842. The fourth-order valence-corrected chi connectivity index (χ4v) is 2.38. The van der Waals surface area contributed by atoms with Crippen LogP contribution in [0, 0.1) is 0 Å². The molecule has 13 nitrogen and oxygen atoms in total. The van der Waals surface area contributed by atoms with E-state index in [2.05, 4.69) is 20.7 Å². The lowest BCUT2D eigenvalue weighted by Gasteiger charge is -2.11. The molecule has 0 saturated carbocycles. The van der Waals surface area contributed by atoms with Crippen LogP contribution in [-0.4, -0.2) is 88.2 Å². The lowest BCUT2D eigenvalue weighted by molar-refractivity contribution is -0.137. The van der Waals surface area contributed by atoms with Crippen molar-refractivity contribution in [1.82, 2.24) is 10.6 Å². The zero-order valence-corrected chi connectivity index (χ0v) is 18.5. The predicted octanol–water partition coefficient (Wildman–Crippen LogP) is 0.331. The Morgan fingerprint density at radius 1 is 0.906 bits per heavy atom.